The highest BCUT2D eigenvalue weighted by molar-refractivity contribution is 5.45. The highest BCUT2D eigenvalue weighted by Crippen LogP contribution is 2.38. The van der Waals surface area contributed by atoms with Crippen LogP contribution < -0.4 is 0 Å². The molecule has 0 heterocycles. The van der Waals surface area contributed by atoms with E-state index >= 15 is 0 Å². The SMILES string of the molecule is Oc1ccccc1C(CCCCc1ccccc1)c1ccccc1O. The molecule has 128 valence electrons. The van der Waals surface area contributed by atoms with Crippen LogP contribution >= 0.6 is 0 Å². The molecule has 0 fully saturated rings. The molecule has 0 aliphatic rings. The average Bonchev–Trinajstić information content (AvgIpc) is 2.64. The van der Waals surface area contributed by atoms with Crippen LogP contribution in [0, 0.1) is 0 Å². The molecule has 0 aliphatic carbocycles. The van der Waals surface area contributed by atoms with Crippen LogP contribution in [0.5, 0.6) is 11.5 Å². The average molecular weight is 332 g/mol. The molecule has 2 heteroatoms. The summed E-state index contributed by atoms with van der Waals surface area (Å²) in [6.07, 6.45) is 4.06. The summed E-state index contributed by atoms with van der Waals surface area (Å²) in [5, 5.41) is 20.6. The van der Waals surface area contributed by atoms with Gasteiger partial charge in [-0.1, -0.05) is 73.2 Å². The van der Waals surface area contributed by atoms with Crippen LogP contribution in [0.1, 0.15) is 41.9 Å². The highest BCUT2D eigenvalue weighted by atomic mass is 16.3. The minimum atomic E-state index is -0.00169. The Labute approximate surface area is 149 Å². The van der Waals surface area contributed by atoms with E-state index in [-0.39, 0.29) is 5.92 Å². The number of aryl methyl sites for hydroxylation is 1. The Kier molecular flexibility index (Phi) is 5.73. The van der Waals surface area contributed by atoms with Crippen LogP contribution in [-0.2, 0) is 6.42 Å². The van der Waals surface area contributed by atoms with Crippen molar-refractivity contribution in [1.29, 1.82) is 0 Å². The Hall–Kier alpha value is -2.74. The molecular weight excluding hydrogens is 308 g/mol. The largest absolute Gasteiger partial charge is 0.508 e. The van der Waals surface area contributed by atoms with Gasteiger partial charge in [-0.15, -0.1) is 0 Å². The number of hydrogen-bond donors (Lipinski definition) is 2. The van der Waals surface area contributed by atoms with E-state index in [2.05, 4.69) is 24.3 Å². The van der Waals surface area contributed by atoms with Gasteiger partial charge in [0.2, 0.25) is 0 Å². The lowest BCUT2D eigenvalue weighted by Gasteiger charge is -2.20. The van der Waals surface area contributed by atoms with Crippen LogP contribution in [0.25, 0.3) is 0 Å². The highest BCUT2D eigenvalue weighted by Gasteiger charge is 2.19. The van der Waals surface area contributed by atoms with Gasteiger partial charge in [0.15, 0.2) is 0 Å². The van der Waals surface area contributed by atoms with Crippen LogP contribution in [0.4, 0.5) is 0 Å². The second-order valence-electron chi connectivity index (χ2n) is 6.40. The van der Waals surface area contributed by atoms with E-state index in [9.17, 15) is 10.2 Å². The topological polar surface area (TPSA) is 40.5 Å². The van der Waals surface area contributed by atoms with Crippen molar-refractivity contribution in [2.24, 2.45) is 0 Å². The van der Waals surface area contributed by atoms with Crippen LogP contribution in [0.2, 0.25) is 0 Å². The summed E-state index contributed by atoms with van der Waals surface area (Å²) in [6.45, 7) is 0. The van der Waals surface area contributed by atoms with Gasteiger partial charge in [-0.3, -0.25) is 0 Å². The molecule has 0 radical (unpaired) electrons. The standard InChI is InChI=1S/C23H24O2/c24-22-16-8-6-14-20(22)19(21-15-7-9-17-23(21)25)13-5-4-12-18-10-2-1-3-11-18/h1-3,6-11,14-17,19,24-25H,4-5,12-13H2. The van der Waals surface area contributed by atoms with Crippen molar-refractivity contribution in [2.75, 3.05) is 0 Å². The summed E-state index contributed by atoms with van der Waals surface area (Å²) >= 11 is 0. The maximum absolute atomic E-state index is 10.3. The molecule has 0 atom stereocenters. The molecule has 0 aromatic heterocycles. The second kappa shape index (κ2) is 8.39. The first-order valence-electron chi connectivity index (χ1n) is 8.85. The fourth-order valence-electron chi connectivity index (χ4n) is 3.37. The Bertz CT molecular complexity index is 750. The zero-order valence-corrected chi connectivity index (χ0v) is 14.3. The summed E-state index contributed by atoms with van der Waals surface area (Å²) in [5.74, 6) is 0.579. The van der Waals surface area contributed by atoms with E-state index < -0.39 is 0 Å². The molecule has 0 saturated carbocycles. The van der Waals surface area contributed by atoms with Crippen molar-refractivity contribution in [3.63, 3.8) is 0 Å². The van der Waals surface area contributed by atoms with Gasteiger partial charge in [-0.05, 0) is 37.0 Å². The molecule has 0 amide bonds. The number of rotatable bonds is 7. The smallest absolute Gasteiger partial charge is 0.119 e. The molecule has 0 aliphatic heterocycles. The summed E-state index contributed by atoms with van der Waals surface area (Å²) in [4.78, 5) is 0. The van der Waals surface area contributed by atoms with E-state index in [1.165, 1.54) is 5.56 Å². The second-order valence-corrected chi connectivity index (χ2v) is 6.40. The van der Waals surface area contributed by atoms with Crippen molar-refractivity contribution in [3.05, 3.63) is 95.6 Å². The number of unbranched alkanes of at least 4 members (excludes halogenated alkanes) is 1. The minimum Gasteiger partial charge on any atom is -0.508 e. The normalized spacial score (nSPS) is 10.9. The van der Waals surface area contributed by atoms with Crippen LogP contribution in [0.3, 0.4) is 0 Å². The lowest BCUT2D eigenvalue weighted by molar-refractivity contribution is 0.448. The van der Waals surface area contributed by atoms with Crippen molar-refractivity contribution in [3.8, 4) is 11.5 Å². The molecule has 0 saturated heterocycles. The summed E-state index contributed by atoms with van der Waals surface area (Å²) in [6, 6.07) is 25.4. The first kappa shape index (κ1) is 17.1. The maximum atomic E-state index is 10.3. The predicted molar refractivity (Wildman–Crippen MR) is 102 cm³/mol. The van der Waals surface area contributed by atoms with Gasteiger partial charge in [0, 0.05) is 17.0 Å². The van der Waals surface area contributed by atoms with Crippen molar-refractivity contribution < 1.29 is 10.2 Å². The summed E-state index contributed by atoms with van der Waals surface area (Å²) in [5.41, 5.74) is 3.11. The molecule has 25 heavy (non-hydrogen) atoms. The lowest BCUT2D eigenvalue weighted by atomic mass is 9.85. The van der Waals surface area contributed by atoms with Crippen molar-refractivity contribution >= 4 is 0 Å². The first-order chi connectivity index (χ1) is 12.3. The monoisotopic (exact) mass is 332 g/mol. The number of aromatic hydroxyl groups is 2. The zero-order chi connectivity index (χ0) is 17.5. The van der Waals surface area contributed by atoms with Crippen molar-refractivity contribution in [2.45, 2.75) is 31.6 Å². The number of para-hydroxylation sites is 2. The Balaban J connectivity index is 1.73. The third-order valence-corrected chi connectivity index (χ3v) is 4.68. The summed E-state index contributed by atoms with van der Waals surface area (Å²) in [7, 11) is 0. The number of phenolic OH excluding ortho intramolecular Hbond substituents is 2. The Morgan fingerprint density at radius 1 is 0.600 bits per heavy atom. The van der Waals surface area contributed by atoms with Gasteiger partial charge >= 0.3 is 0 Å². The zero-order valence-electron chi connectivity index (χ0n) is 14.3. The Morgan fingerprint density at radius 3 is 1.68 bits per heavy atom. The van der Waals surface area contributed by atoms with Gasteiger partial charge in [0.05, 0.1) is 0 Å². The minimum absolute atomic E-state index is 0.00169. The fourth-order valence-corrected chi connectivity index (χ4v) is 3.37. The molecule has 0 bridgehead atoms. The number of hydrogen-bond acceptors (Lipinski definition) is 2. The molecule has 2 nitrogen and oxygen atoms in total. The molecule has 2 N–H and O–H groups in total. The molecule has 0 spiro atoms. The maximum Gasteiger partial charge on any atom is 0.119 e. The Morgan fingerprint density at radius 2 is 1.12 bits per heavy atom. The molecular formula is C23H24O2. The van der Waals surface area contributed by atoms with E-state index in [1.54, 1.807) is 12.1 Å². The van der Waals surface area contributed by atoms with Gasteiger partial charge in [-0.2, -0.15) is 0 Å². The third-order valence-electron chi connectivity index (χ3n) is 4.68. The van der Waals surface area contributed by atoms with Gasteiger partial charge in [-0.25, -0.2) is 0 Å². The lowest BCUT2D eigenvalue weighted by Crippen LogP contribution is -2.03. The van der Waals surface area contributed by atoms with Crippen molar-refractivity contribution in [1.82, 2.24) is 0 Å². The fraction of sp³-hybridized carbons (Fsp3) is 0.217. The van der Waals surface area contributed by atoms with E-state index in [4.69, 9.17) is 0 Å². The molecule has 3 rings (SSSR count). The number of phenols is 2. The number of benzene rings is 3. The first-order valence-corrected chi connectivity index (χ1v) is 8.85. The third kappa shape index (κ3) is 4.42. The quantitative estimate of drug-likeness (QED) is 0.549. The van der Waals surface area contributed by atoms with Crippen LogP contribution in [0.15, 0.2) is 78.9 Å². The van der Waals surface area contributed by atoms with Crippen LogP contribution in [-0.4, -0.2) is 10.2 Å². The predicted octanol–water partition coefficient (Wildman–Crippen LogP) is 5.64. The van der Waals surface area contributed by atoms with E-state index in [0.29, 0.717) is 11.5 Å². The molecule has 3 aromatic rings. The van der Waals surface area contributed by atoms with E-state index in [1.807, 2.05) is 42.5 Å². The van der Waals surface area contributed by atoms with Gasteiger partial charge in [0.1, 0.15) is 11.5 Å². The van der Waals surface area contributed by atoms with E-state index in [0.717, 1.165) is 36.8 Å². The van der Waals surface area contributed by atoms with Gasteiger partial charge in [0.25, 0.3) is 0 Å². The molecule has 3 aromatic carbocycles. The van der Waals surface area contributed by atoms with Gasteiger partial charge < -0.3 is 10.2 Å². The summed E-state index contributed by atoms with van der Waals surface area (Å²) < 4.78 is 0. The molecule has 0 unspecified atom stereocenters.